The van der Waals surface area contributed by atoms with Crippen molar-refractivity contribution in [3.8, 4) is 0 Å². The van der Waals surface area contributed by atoms with Gasteiger partial charge < -0.3 is 5.73 Å². The highest BCUT2D eigenvalue weighted by Gasteiger charge is 2.24. The first kappa shape index (κ1) is 4.93. The van der Waals surface area contributed by atoms with Gasteiger partial charge in [0.2, 0.25) is 0 Å². The average molecular weight is 125 g/mol. The molecule has 0 saturated carbocycles. The minimum Gasteiger partial charge on any atom is -0.322 e. The molecule has 48 valence electrons. The van der Waals surface area contributed by atoms with E-state index in [-0.39, 0.29) is 6.04 Å². The lowest BCUT2D eigenvalue weighted by Crippen LogP contribution is -2.05. The van der Waals surface area contributed by atoms with Crippen LogP contribution in [-0.4, -0.2) is 10.3 Å². The van der Waals surface area contributed by atoms with Crippen LogP contribution in [0.3, 0.4) is 0 Å². The van der Waals surface area contributed by atoms with E-state index in [1.165, 1.54) is 0 Å². The Morgan fingerprint density at radius 2 is 2.44 bits per heavy atom. The summed E-state index contributed by atoms with van der Waals surface area (Å²) in [7, 11) is 0. The summed E-state index contributed by atoms with van der Waals surface area (Å²) in [6.07, 6.45) is 1.88. The zero-order chi connectivity index (χ0) is 6.27. The molecule has 0 bridgehead atoms. The lowest BCUT2D eigenvalue weighted by molar-refractivity contribution is 0.293. The first-order valence-electron chi connectivity index (χ1n) is 2.95. The third kappa shape index (κ3) is 0.564. The third-order valence-corrected chi connectivity index (χ3v) is 1.63. The predicted octanol–water partition coefficient (Wildman–Crippen LogP) is 0.0156. The fourth-order valence-corrected chi connectivity index (χ4v) is 1.10. The Morgan fingerprint density at radius 1 is 1.56 bits per heavy atom. The van der Waals surface area contributed by atoms with Crippen LogP contribution in [0.25, 0.3) is 0 Å². The molecule has 1 unspecified atom stereocenters. The van der Waals surface area contributed by atoms with Gasteiger partial charge in [-0.25, -0.2) is 4.63 Å². The Morgan fingerprint density at radius 3 is 3.22 bits per heavy atom. The molecule has 1 atom stereocenters. The van der Waals surface area contributed by atoms with Gasteiger partial charge in [0.05, 0.1) is 6.04 Å². The van der Waals surface area contributed by atoms with Crippen LogP contribution >= 0.6 is 0 Å². The van der Waals surface area contributed by atoms with Crippen molar-refractivity contribution in [1.29, 1.82) is 0 Å². The monoisotopic (exact) mass is 125 g/mol. The molecule has 0 saturated heterocycles. The number of nitrogens with zero attached hydrogens (tertiary/aromatic N) is 2. The highest BCUT2D eigenvalue weighted by molar-refractivity contribution is 5.17. The maximum atomic E-state index is 5.63. The molecule has 1 aromatic heterocycles. The molecule has 1 aliphatic rings. The fourth-order valence-electron chi connectivity index (χ4n) is 1.10. The standard InChI is InChI=1S/C5H7N3O/c6-3-1-2-4-5(3)8-9-7-4/h3H,1-2,6H2. The third-order valence-electron chi connectivity index (χ3n) is 1.63. The van der Waals surface area contributed by atoms with E-state index in [4.69, 9.17) is 5.73 Å². The number of aryl methyl sites for hydroxylation is 1. The topological polar surface area (TPSA) is 64.9 Å². The molecule has 4 heteroatoms. The van der Waals surface area contributed by atoms with Crippen molar-refractivity contribution in [2.45, 2.75) is 18.9 Å². The average Bonchev–Trinajstić information content (AvgIpc) is 2.35. The van der Waals surface area contributed by atoms with Gasteiger partial charge in [0.25, 0.3) is 0 Å². The van der Waals surface area contributed by atoms with Crippen LogP contribution in [0.4, 0.5) is 0 Å². The quantitative estimate of drug-likeness (QED) is 0.530. The lowest BCUT2D eigenvalue weighted by Gasteiger charge is -1.93. The van der Waals surface area contributed by atoms with Crippen molar-refractivity contribution in [2.75, 3.05) is 0 Å². The van der Waals surface area contributed by atoms with Crippen LogP contribution in [0, 0.1) is 0 Å². The molecule has 2 N–H and O–H groups in total. The van der Waals surface area contributed by atoms with Crippen molar-refractivity contribution in [3.05, 3.63) is 11.4 Å². The Balaban J connectivity index is 2.49. The summed E-state index contributed by atoms with van der Waals surface area (Å²) in [5, 5.41) is 7.35. The minimum atomic E-state index is 0.0613. The van der Waals surface area contributed by atoms with Crippen molar-refractivity contribution in [2.24, 2.45) is 5.73 Å². The van der Waals surface area contributed by atoms with E-state index in [0.717, 1.165) is 24.2 Å². The summed E-state index contributed by atoms with van der Waals surface area (Å²) in [6.45, 7) is 0. The lowest BCUT2D eigenvalue weighted by atomic mass is 10.3. The number of hydrogen-bond donors (Lipinski definition) is 1. The van der Waals surface area contributed by atoms with Crippen molar-refractivity contribution >= 4 is 0 Å². The van der Waals surface area contributed by atoms with E-state index in [2.05, 4.69) is 14.9 Å². The summed E-state index contributed by atoms with van der Waals surface area (Å²) in [5.41, 5.74) is 7.40. The summed E-state index contributed by atoms with van der Waals surface area (Å²) in [4.78, 5) is 0. The number of rotatable bonds is 0. The molecule has 1 aromatic rings. The second-order valence-corrected chi connectivity index (χ2v) is 2.24. The summed E-state index contributed by atoms with van der Waals surface area (Å²) >= 11 is 0. The van der Waals surface area contributed by atoms with E-state index >= 15 is 0 Å². The minimum absolute atomic E-state index is 0.0613. The molecule has 0 aromatic carbocycles. The predicted molar refractivity (Wildman–Crippen MR) is 29.5 cm³/mol. The van der Waals surface area contributed by atoms with Crippen LogP contribution < -0.4 is 5.73 Å². The number of fused-ring (bicyclic) bond motifs is 1. The number of hydrogen-bond acceptors (Lipinski definition) is 4. The normalized spacial score (nSPS) is 24.3. The van der Waals surface area contributed by atoms with E-state index in [1.54, 1.807) is 0 Å². The van der Waals surface area contributed by atoms with Crippen LogP contribution in [0.5, 0.6) is 0 Å². The molecule has 1 heterocycles. The van der Waals surface area contributed by atoms with Gasteiger partial charge in [-0.2, -0.15) is 0 Å². The van der Waals surface area contributed by atoms with E-state index < -0.39 is 0 Å². The molecule has 0 spiro atoms. The molecule has 0 fully saturated rings. The first-order valence-corrected chi connectivity index (χ1v) is 2.95. The van der Waals surface area contributed by atoms with Gasteiger partial charge in [0.15, 0.2) is 0 Å². The zero-order valence-corrected chi connectivity index (χ0v) is 4.87. The highest BCUT2D eigenvalue weighted by Crippen LogP contribution is 2.24. The zero-order valence-electron chi connectivity index (χ0n) is 4.87. The van der Waals surface area contributed by atoms with Crippen LogP contribution in [0.2, 0.25) is 0 Å². The van der Waals surface area contributed by atoms with Gasteiger partial charge in [-0.05, 0) is 12.8 Å². The first-order chi connectivity index (χ1) is 4.38. The molecule has 2 rings (SSSR count). The van der Waals surface area contributed by atoms with Gasteiger partial charge in [0.1, 0.15) is 11.4 Å². The Labute approximate surface area is 52.0 Å². The molecule has 0 amide bonds. The Hall–Kier alpha value is -0.900. The highest BCUT2D eigenvalue weighted by atomic mass is 16.6. The number of aromatic nitrogens is 2. The molecule has 1 aliphatic carbocycles. The second kappa shape index (κ2) is 1.54. The van der Waals surface area contributed by atoms with Crippen LogP contribution in [-0.2, 0) is 6.42 Å². The Bertz CT molecular complexity index is 220. The van der Waals surface area contributed by atoms with Gasteiger partial charge >= 0.3 is 0 Å². The molecular formula is C5H7N3O. The van der Waals surface area contributed by atoms with Gasteiger partial charge in [-0.1, -0.05) is 10.3 Å². The smallest absolute Gasteiger partial charge is 0.125 e. The largest absolute Gasteiger partial charge is 0.322 e. The molecule has 0 aliphatic heterocycles. The number of nitrogens with two attached hydrogens (primary N) is 1. The maximum Gasteiger partial charge on any atom is 0.125 e. The molecular weight excluding hydrogens is 118 g/mol. The van der Waals surface area contributed by atoms with E-state index in [0.29, 0.717) is 0 Å². The second-order valence-electron chi connectivity index (χ2n) is 2.24. The van der Waals surface area contributed by atoms with Crippen molar-refractivity contribution < 1.29 is 4.63 Å². The fraction of sp³-hybridized carbons (Fsp3) is 0.600. The molecule has 9 heavy (non-hydrogen) atoms. The van der Waals surface area contributed by atoms with E-state index in [1.807, 2.05) is 0 Å². The van der Waals surface area contributed by atoms with Crippen molar-refractivity contribution in [3.63, 3.8) is 0 Å². The summed E-state index contributed by atoms with van der Waals surface area (Å²) in [5.74, 6) is 0. The summed E-state index contributed by atoms with van der Waals surface area (Å²) < 4.78 is 4.48. The summed E-state index contributed by atoms with van der Waals surface area (Å²) in [6, 6.07) is 0.0613. The van der Waals surface area contributed by atoms with Gasteiger partial charge in [-0.3, -0.25) is 0 Å². The van der Waals surface area contributed by atoms with Gasteiger partial charge in [0, 0.05) is 0 Å². The maximum absolute atomic E-state index is 5.63. The van der Waals surface area contributed by atoms with Crippen molar-refractivity contribution in [1.82, 2.24) is 10.3 Å². The van der Waals surface area contributed by atoms with Crippen LogP contribution in [0.1, 0.15) is 23.9 Å². The van der Waals surface area contributed by atoms with E-state index in [9.17, 15) is 0 Å². The van der Waals surface area contributed by atoms with Gasteiger partial charge in [-0.15, -0.1) is 0 Å². The molecule has 0 radical (unpaired) electrons. The molecule has 4 nitrogen and oxygen atoms in total. The SMILES string of the molecule is NC1CCc2nonc21. The van der Waals surface area contributed by atoms with Crippen LogP contribution in [0.15, 0.2) is 4.63 Å². The Kier molecular flexibility index (Phi) is 0.843.